The Bertz CT molecular complexity index is 837. The van der Waals surface area contributed by atoms with Crippen LogP contribution in [0.15, 0.2) is 42.6 Å². The van der Waals surface area contributed by atoms with E-state index in [2.05, 4.69) is 86.7 Å². The molecule has 3 rings (SSSR count). The second kappa shape index (κ2) is 16.0. The molecule has 154 valence electrons. The van der Waals surface area contributed by atoms with Crippen LogP contribution in [0.4, 0.5) is 4.39 Å². The molecule has 9 heteroatoms. The Hall–Kier alpha value is 0.280. The van der Waals surface area contributed by atoms with E-state index >= 15 is 0 Å². The minimum Gasteiger partial charge on any atom is -0.298 e. The summed E-state index contributed by atoms with van der Waals surface area (Å²) in [6.45, 7) is 4.25. The number of carbonyl (C=O) groups is 1. The molecule has 0 saturated carbocycles. The fraction of sp³-hybridized carbons (Fsp3) is 0.263. The molecule has 0 saturated heterocycles. The first-order valence-corrected chi connectivity index (χ1v) is 12.8. The lowest BCUT2D eigenvalue weighted by molar-refractivity contribution is 0.112. The molecule has 1 heterocycles. The molecule has 3 nitrogen and oxygen atoms in total. The zero-order valence-corrected chi connectivity index (χ0v) is 23.5. The maximum Gasteiger partial charge on any atom is 0.154 e. The predicted octanol–water partition coefficient (Wildman–Crippen LogP) is 8.16. The van der Waals surface area contributed by atoms with E-state index in [-0.39, 0.29) is 10.6 Å². The van der Waals surface area contributed by atoms with Crippen LogP contribution in [0.2, 0.25) is 10.0 Å². The van der Waals surface area contributed by atoms with E-state index in [1.165, 1.54) is 22.6 Å². The van der Waals surface area contributed by atoms with Gasteiger partial charge in [0.25, 0.3) is 0 Å². The number of carbonyl (C=O) groups excluding carboxylic acids is 1. The fourth-order valence-electron chi connectivity index (χ4n) is 1.77. The zero-order chi connectivity index (χ0) is 21.7. The smallest absolute Gasteiger partial charge is 0.154 e. The van der Waals surface area contributed by atoms with Crippen LogP contribution in [0.3, 0.4) is 0 Å². The van der Waals surface area contributed by atoms with Crippen molar-refractivity contribution in [3.8, 4) is 0 Å². The van der Waals surface area contributed by atoms with E-state index in [4.69, 9.17) is 23.2 Å². The number of nitrogens with zero attached hydrogens (tertiary/aromatic N) is 2. The van der Waals surface area contributed by atoms with Gasteiger partial charge in [0.2, 0.25) is 0 Å². The molecule has 0 radical (unpaired) electrons. The molecule has 1 aromatic heterocycles. The van der Waals surface area contributed by atoms with Gasteiger partial charge in [-0.1, -0.05) is 110 Å². The third kappa shape index (κ3) is 10.9. The Kier molecular flexibility index (Phi) is 16.2. The first kappa shape index (κ1) is 28.3. The molecule has 2 aromatic carbocycles. The summed E-state index contributed by atoms with van der Waals surface area (Å²) in [5.41, 5.74) is 0.988. The maximum atomic E-state index is 12.5. The molecule has 0 aliphatic carbocycles. The summed E-state index contributed by atoms with van der Waals surface area (Å²) >= 11 is 18.3. The number of rotatable bonds is 1. The van der Waals surface area contributed by atoms with Crippen molar-refractivity contribution in [2.24, 2.45) is 7.05 Å². The average molecular weight is 763 g/mol. The normalized spacial score (nSPS) is 9.50. The Morgan fingerprint density at radius 2 is 1.68 bits per heavy atom. The standard InChI is InChI=1S/C8H7ClN2.C7H4ClFO.C2H4I2.C2H5I/c1-11-8-4-2-3-7(9)6(8)5-10-11;8-6-2-1-3-7(9)5(6)4-10;1-2(3)4;1-2-3/h2-5H,1H3;1-4H;2H,1H3;2H2,1H3. The SMILES string of the molecule is CC(I)I.CCI.Cn1ncc2c(Cl)cccc21.O=Cc1c(F)cccc1Cl. The van der Waals surface area contributed by atoms with Crippen LogP contribution in [0.5, 0.6) is 0 Å². The second-order valence-corrected chi connectivity index (χ2v) is 13.4. The minimum atomic E-state index is -0.581. The zero-order valence-electron chi connectivity index (χ0n) is 15.5. The molecule has 0 atom stereocenters. The third-order valence-electron chi connectivity index (χ3n) is 2.86. The summed E-state index contributed by atoms with van der Waals surface area (Å²) in [7, 11) is 1.90. The summed E-state index contributed by atoms with van der Waals surface area (Å²) in [6, 6.07) is 9.89. The molecule has 0 spiro atoms. The van der Waals surface area contributed by atoms with Crippen molar-refractivity contribution in [1.82, 2.24) is 9.78 Å². The number of aromatic nitrogens is 2. The van der Waals surface area contributed by atoms with Crippen LogP contribution in [0.1, 0.15) is 24.2 Å². The fourth-order valence-corrected chi connectivity index (χ4v) is 2.19. The van der Waals surface area contributed by atoms with Crippen LogP contribution >= 0.6 is 91.0 Å². The number of hydrogen-bond acceptors (Lipinski definition) is 2. The third-order valence-corrected chi connectivity index (χ3v) is 3.52. The Balaban J connectivity index is 0.000000396. The van der Waals surface area contributed by atoms with Gasteiger partial charge in [0.1, 0.15) is 5.82 Å². The van der Waals surface area contributed by atoms with Crippen LogP contribution in [-0.2, 0) is 7.05 Å². The Morgan fingerprint density at radius 1 is 1.18 bits per heavy atom. The van der Waals surface area contributed by atoms with Crippen molar-refractivity contribution < 1.29 is 9.18 Å². The number of fused-ring (bicyclic) bond motifs is 1. The number of alkyl halides is 3. The van der Waals surface area contributed by atoms with Crippen molar-refractivity contribution in [2.75, 3.05) is 4.43 Å². The van der Waals surface area contributed by atoms with Gasteiger partial charge in [-0.15, -0.1) is 0 Å². The lowest BCUT2D eigenvalue weighted by atomic mass is 10.2. The van der Waals surface area contributed by atoms with Crippen molar-refractivity contribution in [3.05, 3.63) is 64.0 Å². The van der Waals surface area contributed by atoms with E-state index in [1.54, 1.807) is 10.9 Å². The highest BCUT2D eigenvalue weighted by atomic mass is 127. The molecule has 0 amide bonds. The lowest BCUT2D eigenvalue weighted by Crippen LogP contribution is -1.87. The highest BCUT2D eigenvalue weighted by Gasteiger charge is 2.03. The molecule has 28 heavy (non-hydrogen) atoms. The van der Waals surface area contributed by atoms with E-state index in [9.17, 15) is 9.18 Å². The van der Waals surface area contributed by atoms with E-state index in [0.29, 0.717) is 6.29 Å². The summed E-state index contributed by atoms with van der Waals surface area (Å²) in [6.07, 6.45) is 2.18. The highest BCUT2D eigenvalue weighted by Crippen LogP contribution is 2.21. The van der Waals surface area contributed by atoms with Crippen LogP contribution in [0.25, 0.3) is 10.9 Å². The maximum absolute atomic E-state index is 12.5. The van der Waals surface area contributed by atoms with Gasteiger partial charge in [0, 0.05) is 12.4 Å². The summed E-state index contributed by atoms with van der Waals surface area (Å²) in [5.74, 6) is -0.581. The van der Waals surface area contributed by atoms with Crippen molar-refractivity contribution in [2.45, 2.75) is 15.8 Å². The van der Waals surface area contributed by atoms with Gasteiger partial charge in [-0.05, 0) is 35.6 Å². The molecule has 0 unspecified atom stereocenters. The van der Waals surface area contributed by atoms with Gasteiger partial charge in [-0.2, -0.15) is 5.10 Å². The van der Waals surface area contributed by atoms with Gasteiger partial charge < -0.3 is 0 Å². The quantitative estimate of drug-likeness (QED) is 0.143. The first-order chi connectivity index (χ1) is 13.2. The average Bonchev–Trinajstić information content (AvgIpc) is 2.99. The first-order valence-electron chi connectivity index (χ1n) is 7.99. The van der Waals surface area contributed by atoms with Crippen molar-refractivity contribution >= 4 is 108 Å². The second-order valence-electron chi connectivity index (χ2n) is 4.98. The predicted molar refractivity (Wildman–Crippen MR) is 145 cm³/mol. The Labute approximate surface area is 216 Å². The number of halogens is 6. The number of hydrogen-bond donors (Lipinski definition) is 0. The van der Waals surface area contributed by atoms with E-state index < -0.39 is 5.82 Å². The molecule has 0 aliphatic rings. The largest absolute Gasteiger partial charge is 0.298 e. The lowest BCUT2D eigenvalue weighted by Gasteiger charge is -1.94. The van der Waals surface area contributed by atoms with Gasteiger partial charge in [0.15, 0.2) is 6.29 Å². The summed E-state index contributed by atoms with van der Waals surface area (Å²) < 4.78 is 16.3. The summed E-state index contributed by atoms with van der Waals surface area (Å²) in [4.78, 5) is 10.1. The number of aryl methyl sites for hydroxylation is 1. The van der Waals surface area contributed by atoms with Crippen molar-refractivity contribution in [1.29, 1.82) is 0 Å². The van der Waals surface area contributed by atoms with E-state index in [1.807, 2.05) is 25.2 Å². The topological polar surface area (TPSA) is 34.9 Å². The monoisotopic (exact) mass is 762 g/mol. The molecular formula is C19H20Cl2FI3N2O. The highest BCUT2D eigenvalue weighted by molar-refractivity contribution is 14.2. The molecular weight excluding hydrogens is 743 g/mol. The molecule has 0 N–H and O–H groups in total. The Morgan fingerprint density at radius 3 is 2.11 bits per heavy atom. The van der Waals surface area contributed by atoms with Gasteiger partial charge in [-0.25, -0.2) is 4.39 Å². The molecule has 0 fully saturated rings. The van der Waals surface area contributed by atoms with Crippen LogP contribution < -0.4 is 0 Å². The van der Waals surface area contributed by atoms with Crippen molar-refractivity contribution in [3.63, 3.8) is 0 Å². The number of benzene rings is 2. The van der Waals surface area contributed by atoms with Gasteiger partial charge in [-0.3, -0.25) is 9.48 Å². The number of aldehydes is 1. The van der Waals surface area contributed by atoms with Crippen LogP contribution in [-0.4, -0.2) is 22.4 Å². The minimum absolute atomic E-state index is 0.0795. The van der Waals surface area contributed by atoms with Gasteiger partial charge >= 0.3 is 0 Å². The molecule has 0 bridgehead atoms. The molecule has 3 aromatic rings. The van der Waals surface area contributed by atoms with E-state index in [0.717, 1.165) is 17.9 Å². The van der Waals surface area contributed by atoms with Crippen LogP contribution in [0, 0.1) is 5.82 Å². The summed E-state index contributed by atoms with van der Waals surface area (Å²) in [5, 5.41) is 6.01. The van der Waals surface area contributed by atoms with Gasteiger partial charge in [0.05, 0.1) is 29.3 Å². The molecule has 0 aliphatic heterocycles.